The minimum atomic E-state index is -0.107. The number of hydrogen-bond donors (Lipinski definition) is 1. The lowest BCUT2D eigenvalue weighted by atomic mass is 10.2. The number of rotatable bonds is 7. The predicted molar refractivity (Wildman–Crippen MR) is 128 cm³/mol. The Labute approximate surface area is 193 Å². The molecular weight excluding hydrogens is 444 g/mol. The van der Waals surface area contributed by atoms with Gasteiger partial charge in [0.15, 0.2) is 10.3 Å². The molecular formula is C22H22N6O2S2. The molecule has 1 amide bonds. The zero-order valence-corrected chi connectivity index (χ0v) is 19.4. The number of nitrogens with zero attached hydrogens (tertiary/aromatic N) is 5. The fourth-order valence-corrected chi connectivity index (χ4v) is 5.33. The molecule has 8 nitrogen and oxygen atoms in total. The Morgan fingerprint density at radius 3 is 2.84 bits per heavy atom. The average Bonchev–Trinajstić information content (AvgIpc) is 3.48. The highest BCUT2D eigenvalue weighted by atomic mass is 32.2. The lowest BCUT2D eigenvalue weighted by molar-refractivity contribution is -0.113. The van der Waals surface area contributed by atoms with E-state index in [9.17, 15) is 4.79 Å². The molecule has 32 heavy (non-hydrogen) atoms. The quantitative estimate of drug-likeness (QED) is 0.402. The first-order valence-electron chi connectivity index (χ1n) is 10.3. The van der Waals surface area contributed by atoms with Crippen LogP contribution in [0.3, 0.4) is 0 Å². The Bertz CT molecular complexity index is 1270. The van der Waals surface area contributed by atoms with Crippen molar-refractivity contribution in [3.8, 4) is 5.75 Å². The van der Waals surface area contributed by atoms with Crippen molar-refractivity contribution < 1.29 is 9.53 Å². The standard InChI is InChI=1S/C22H22N6O2S2/c1-3-30-16-7-5-15(6-8-16)27-10-11-28-21(27)25-26-22(28)31-13-19(29)24-20-23-17-9-4-14(2)12-18(17)32-20/h4-9,12H,3,10-11,13H2,1-2H3,(H,23,24,29). The molecule has 0 unspecified atom stereocenters. The molecule has 3 heterocycles. The maximum atomic E-state index is 12.5. The van der Waals surface area contributed by atoms with Crippen LogP contribution in [0.25, 0.3) is 10.2 Å². The van der Waals surface area contributed by atoms with Gasteiger partial charge in [0.05, 0.1) is 22.6 Å². The minimum absolute atomic E-state index is 0.107. The monoisotopic (exact) mass is 466 g/mol. The van der Waals surface area contributed by atoms with Crippen LogP contribution in [0.1, 0.15) is 12.5 Å². The summed E-state index contributed by atoms with van der Waals surface area (Å²) in [5.41, 5.74) is 3.11. The smallest absolute Gasteiger partial charge is 0.236 e. The van der Waals surface area contributed by atoms with E-state index in [1.807, 2.05) is 50.2 Å². The van der Waals surface area contributed by atoms with Crippen molar-refractivity contribution in [3.63, 3.8) is 0 Å². The van der Waals surface area contributed by atoms with E-state index in [0.29, 0.717) is 11.7 Å². The molecule has 0 saturated carbocycles. The van der Waals surface area contributed by atoms with Crippen molar-refractivity contribution >= 4 is 56.0 Å². The largest absolute Gasteiger partial charge is 0.494 e. The van der Waals surface area contributed by atoms with Crippen molar-refractivity contribution in [1.29, 1.82) is 0 Å². The highest BCUT2D eigenvalue weighted by Gasteiger charge is 2.26. The number of aromatic nitrogens is 4. The molecule has 10 heteroatoms. The third kappa shape index (κ3) is 4.15. The van der Waals surface area contributed by atoms with Gasteiger partial charge in [0.25, 0.3) is 0 Å². The summed E-state index contributed by atoms with van der Waals surface area (Å²) >= 11 is 2.87. The Hall–Kier alpha value is -3.11. The fourth-order valence-electron chi connectivity index (χ4n) is 3.59. The summed E-state index contributed by atoms with van der Waals surface area (Å²) < 4.78 is 8.64. The van der Waals surface area contributed by atoms with Crippen LogP contribution in [0.4, 0.5) is 16.8 Å². The van der Waals surface area contributed by atoms with Crippen LogP contribution in [0.15, 0.2) is 47.6 Å². The first kappa shape index (κ1) is 20.8. The fraction of sp³-hybridized carbons (Fsp3) is 0.273. The zero-order valence-electron chi connectivity index (χ0n) is 17.7. The number of aryl methyl sites for hydroxylation is 1. The van der Waals surface area contributed by atoms with Gasteiger partial charge in [-0.1, -0.05) is 29.2 Å². The maximum Gasteiger partial charge on any atom is 0.236 e. The van der Waals surface area contributed by atoms with Crippen molar-refractivity contribution in [2.24, 2.45) is 0 Å². The van der Waals surface area contributed by atoms with Gasteiger partial charge in [0, 0.05) is 18.8 Å². The van der Waals surface area contributed by atoms with Crippen molar-refractivity contribution in [1.82, 2.24) is 19.7 Å². The predicted octanol–water partition coefficient (Wildman–Crippen LogP) is 4.48. The van der Waals surface area contributed by atoms with E-state index in [1.165, 1.54) is 28.7 Å². The highest BCUT2D eigenvalue weighted by molar-refractivity contribution is 7.99. The normalized spacial score (nSPS) is 12.9. The van der Waals surface area contributed by atoms with Gasteiger partial charge in [-0.05, 0) is 55.8 Å². The number of nitrogens with one attached hydrogen (secondary N) is 1. The van der Waals surface area contributed by atoms with Crippen LogP contribution >= 0.6 is 23.1 Å². The van der Waals surface area contributed by atoms with E-state index in [4.69, 9.17) is 4.74 Å². The Balaban J connectivity index is 1.22. The van der Waals surface area contributed by atoms with Crippen LogP contribution in [0.5, 0.6) is 5.75 Å². The van der Waals surface area contributed by atoms with Crippen LogP contribution in [-0.2, 0) is 11.3 Å². The van der Waals surface area contributed by atoms with Gasteiger partial charge in [0.1, 0.15) is 5.75 Å². The summed E-state index contributed by atoms with van der Waals surface area (Å²) in [6, 6.07) is 14.0. The number of amides is 1. The molecule has 0 atom stereocenters. The SMILES string of the molecule is CCOc1ccc(N2CCn3c(SCC(=O)Nc4nc5ccc(C)cc5s4)nnc32)cc1. The number of ether oxygens (including phenoxy) is 1. The van der Waals surface area contributed by atoms with E-state index >= 15 is 0 Å². The van der Waals surface area contributed by atoms with Crippen LogP contribution in [0, 0.1) is 6.92 Å². The molecule has 0 fully saturated rings. The van der Waals surface area contributed by atoms with Gasteiger partial charge in [-0.25, -0.2) is 4.98 Å². The van der Waals surface area contributed by atoms with E-state index in [0.717, 1.165) is 45.8 Å². The first-order valence-corrected chi connectivity index (χ1v) is 12.1. The van der Waals surface area contributed by atoms with Gasteiger partial charge in [-0.3, -0.25) is 9.36 Å². The molecule has 5 rings (SSSR count). The number of hydrogen-bond acceptors (Lipinski definition) is 8. The second-order valence-corrected chi connectivity index (χ2v) is 9.31. The second kappa shape index (κ2) is 8.79. The molecule has 164 valence electrons. The number of thioether (sulfide) groups is 1. The van der Waals surface area contributed by atoms with Crippen molar-refractivity contribution in [2.75, 3.05) is 29.1 Å². The number of thiazole rings is 1. The summed E-state index contributed by atoms with van der Waals surface area (Å²) in [4.78, 5) is 19.1. The molecule has 1 aliphatic heterocycles. The summed E-state index contributed by atoms with van der Waals surface area (Å²) in [6.07, 6.45) is 0. The van der Waals surface area contributed by atoms with Gasteiger partial charge >= 0.3 is 0 Å². The van der Waals surface area contributed by atoms with E-state index in [-0.39, 0.29) is 11.7 Å². The Kier molecular flexibility index (Phi) is 5.71. The summed E-state index contributed by atoms with van der Waals surface area (Å²) in [7, 11) is 0. The Morgan fingerprint density at radius 2 is 2.03 bits per heavy atom. The molecule has 2 aromatic carbocycles. The summed E-state index contributed by atoms with van der Waals surface area (Å²) in [6.45, 7) is 6.24. The number of benzene rings is 2. The summed E-state index contributed by atoms with van der Waals surface area (Å²) in [5.74, 6) is 1.78. The molecule has 0 saturated heterocycles. The summed E-state index contributed by atoms with van der Waals surface area (Å²) in [5, 5.41) is 12.9. The third-order valence-corrected chi connectivity index (χ3v) is 6.97. The topological polar surface area (TPSA) is 85.2 Å². The van der Waals surface area contributed by atoms with Crippen LogP contribution in [0.2, 0.25) is 0 Å². The lowest BCUT2D eigenvalue weighted by Gasteiger charge is -2.15. The van der Waals surface area contributed by atoms with Crippen molar-refractivity contribution in [2.45, 2.75) is 25.5 Å². The highest BCUT2D eigenvalue weighted by Crippen LogP contribution is 2.33. The number of carbonyl (C=O) groups excluding carboxylic acids is 1. The zero-order chi connectivity index (χ0) is 22.1. The molecule has 1 aliphatic rings. The molecule has 2 aromatic heterocycles. The molecule has 0 aliphatic carbocycles. The van der Waals surface area contributed by atoms with E-state index < -0.39 is 0 Å². The number of anilines is 3. The third-order valence-electron chi connectivity index (χ3n) is 5.07. The van der Waals surface area contributed by atoms with Gasteiger partial charge in [0.2, 0.25) is 11.9 Å². The average molecular weight is 467 g/mol. The lowest BCUT2D eigenvalue weighted by Crippen LogP contribution is -2.14. The van der Waals surface area contributed by atoms with Crippen LogP contribution < -0.4 is 15.0 Å². The van der Waals surface area contributed by atoms with Crippen LogP contribution in [-0.4, -0.2) is 44.6 Å². The molecule has 1 N–H and O–H groups in total. The molecule has 0 spiro atoms. The number of fused-ring (bicyclic) bond motifs is 2. The molecule has 0 radical (unpaired) electrons. The van der Waals surface area contributed by atoms with Crippen molar-refractivity contribution in [3.05, 3.63) is 48.0 Å². The molecule has 0 bridgehead atoms. The van der Waals surface area contributed by atoms with Gasteiger partial charge in [-0.15, -0.1) is 10.2 Å². The molecule has 4 aromatic rings. The first-order chi connectivity index (χ1) is 15.6. The number of carbonyl (C=O) groups is 1. The maximum absolute atomic E-state index is 12.5. The Morgan fingerprint density at radius 1 is 1.19 bits per heavy atom. The van der Waals surface area contributed by atoms with E-state index in [2.05, 4.69) is 36.0 Å². The second-order valence-electron chi connectivity index (χ2n) is 7.34. The minimum Gasteiger partial charge on any atom is -0.494 e. The van der Waals surface area contributed by atoms with E-state index in [1.54, 1.807) is 0 Å². The van der Waals surface area contributed by atoms with Gasteiger partial charge < -0.3 is 15.0 Å². The van der Waals surface area contributed by atoms with Gasteiger partial charge in [-0.2, -0.15) is 0 Å².